The lowest BCUT2D eigenvalue weighted by Crippen LogP contribution is -2.43. The van der Waals surface area contributed by atoms with E-state index in [9.17, 15) is 18.0 Å². The van der Waals surface area contributed by atoms with Crippen molar-refractivity contribution in [3.05, 3.63) is 29.3 Å². The Morgan fingerprint density at radius 2 is 1.95 bits per heavy atom. The van der Waals surface area contributed by atoms with Crippen molar-refractivity contribution >= 4 is 21.9 Å². The molecule has 0 unspecified atom stereocenters. The highest BCUT2D eigenvalue weighted by atomic mass is 32.2. The molecule has 3 N–H and O–H groups in total. The van der Waals surface area contributed by atoms with Crippen molar-refractivity contribution in [2.45, 2.75) is 37.1 Å². The standard InChI is InChI=1S/C14H18N2O5S/c1-3-15-22(20,21)10-5-4-9(2)11(8-10)12(17)16-14(6-7-14)13(18)19/h4-5,8,15H,3,6-7H2,1-2H3,(H,16,17)(H,18,19). The lowest BCUT2D eigenvalue weighted by molar-refractivity contribution is -0.140. The van der Waals surface area contributed by atoms with Crippen molar-refractivity contribution in [1.29, 1.82) is 0 Å². The number of aliphatic carboxylic acids is 1. The van der Waals surface area contributed by atoms with E-state index in [0.29, 0.717) is 18.4 Å². The number of nitrogens with one attached hydrogen (secondary N) is 2. The molecule has 120 valence electrons. The third-order valence-corrected chi connectivity index (χ3v) is 5.15. The molecule has 1 saturated carbocycles. The molecule has 0 aliphatic heterocycles. The highest BCUT2D eigenvalue weighted by Gasteiger charge is 2.51. The maximum atomic E-state index is 12.3. The van der Waals surface area contributed by atoms with Crippen LogP contribution in [0, 0.1) is 6.92 Å². The van der Waals surface area contributed by atoms with Crippen LogP contribution < -0.4 is 10.0 Å². The van der Waals surface area contributed by atoms with Crippen molar-refractivity contribution in [2.75, 3.05) is 6.54 Å². The molecular weight excluding hydrogens is 308 g/mol. The maximum Gasteiger partial charge on any atom is 0.329 e. The van der Waals surface area contributed by atoms with Crippen LogP contribution in [0.25, 0.3) is 0 Å². The van der Waals surface area contributed by atoms with Crippen LogP contribution in [0.15, 0.2) is 23.1 Å². The SMILES string of the molecule is CCNS(=O)(=O)c1ccc(C)c(C(=O)NC2(C(=O)O)CC2)c1. The van der Waals surface area contributed by atoms with Crippen LogP contribution in [0.4, 0.5) is 0 Å². The molecule has 0 radical (unpaired) electrons. The number of aryl methyl sites for hydroxylation is 1. The molecule has 0 aromatic heterocycles. The number of hydrogen-bond acceptors (Lipinski definition) is 4. The average Bonchev–Trinajstić information content (AvgIpc) is 3.19. The summed E-state index contributed by atoms with van der Waals surface area (Å²) < 4.78 is 26.3. The normalized spacial score (nSPS) is 16.1. The molecule has 0 heterocycles. The number of carboxylic acid groups (broad SMARTS) is 1. The van der Waals surface area contributed by atoms with E-state index in [1.807, 2.05) is 0 Å². The Morgan fingerprint density at radius 1 is 1.32 bits per heavy atom. The second-order valence-electron chi connectivity index (χ2n) is 5.32. The molecule has 1 aromatic rings. The molecule has 2 rings (SSSR count). The fourth-order valence-electron chi connectivity index (χ4n) is 2.09. The van der Waals surface area contributed by atoms with Gasteiger partial charge in [-0.25, -0.2) is 17.9 Å². The number of sulfonamides is 1. The molecule has 1 aromatic carbocycles. The first-order valence-electron chi connectivity index (χ1n) is 6.88. The van der Waals surface area contributed by atoms with E-state index >= 15 is 0 Å². The summed E-state index contributed by atoms with van der Waals surface area (Å²) in [5, 5.41) is 11.6. The minimum Gasteiger partial charge on any atom is -0.480 e. The quantitative estimate of drug-likeness (QED) is 0.710. The number of carboxylic acids is 1. The smallest absolute Gasteiger partial charge is 0.329 e. The minimum absolute atomic E-state index is 0.0229. The third-order valence-electron chi connectivity index (χ3n) is 3.61. The molecule has 0 spiro atoms. The summed E-state index contributed by atoms with van der Waals surface area (Å²) in [6.07, 6.45) is 0.755. The Hall–Kier alpha value is -1.93. The van der Waals surface area contributed by atoms with Gasteiger partial charge in [0.05, 0.1) is 4.90 Å². The first-order valence-corrected chi connectivity index (χ1v) is 8.36. The molecule has 22 heavy (non-hydrogen) atoms. The second kappa shape index (κ2) is 5.69. The van der Waals surface area contributed by atoms with Crippen LogP contribution in [-0.2, 0) is 14.8 Å². The van der Waals surface area contributed by atoms with Gasteiger partial charge in [0.25, 0.3) is 5.91 Å². The van der Waals surface area contributed by atoms with Crippen molar-refractivity contribution in [3.8, 4) is 0 Å². The van der Waals surface area contributed by atoms with E-state index in [-0.39, 0.29) is 17.0 Å². The summed E-state index contributed by atoms with van der Waals surface area (Å²) in [4.78, 5) is 23.4. The lowest BCUT2D eigenvalue weighted by atomic mass is 10.1. The highest BCUT2D eigenvalue weighted by molar-refractivity contribution is 7.89. The third kappa shape index (κ3) is 3.12. The van der Waals surface area contributed by atoms with Crippen LogP contribution >= 0.6 is 0 Å². The van der Waals surface area contributed by atoms with Gasteiger partial charge in [0.2, 0.25) is 10.0 Å². The fraction of sp³-hybridized carbons (Fsp3) is 0.429. The molecule has 0 bridgehead atoms. The van der Waals surface area contributed by atoms with E-state index in [2.05, 4.69) is 10.0 Å². The van der Waals surface area contributed by atoms with Gasteiger partial charge in [0.1, 0.15) is 5.54 Å². The number of hydrogen-bond donors (Lipinski definition) is 3. The Balaban J connectivity index is 2.31. The van der Waals surface area contributed by atoms with Crippen LogP contribution in [0.2, 0.25) is 0 Å². The monoisotopic (exact) mass is 326 g/mol. The zero-order valence-electron chi connectivity index (χ0n) is 12.3. The Labute approximate surface area is 128 Å². The van der Waals surface area contributed by atoms with Crippen molar-refractivity contribution < 1.29 is 23.1 Å². The van der Waals surface area contributed by atoms with Crippen LogP contribution in [-0.4, -0.2) is 37.5 Å². The average molecular weight is 326 g/mol. The van der Waals surface area contributed by atoms with Crippen molar-refractivity contribution in [1.82, 2.24) is 10.0 Å². The van der Waals surface area contributed by atoms with E-state index in [1.54, 1.807) is 13.8 Å². The van der Waals surface area contributed by atoms with Crippen molar-refractivity contribution in [3.63, 3.8) is 0 Å². The lowest BCUT2D eigenvalue weighted by Gasteiger charge is -2.14. The van der Waals surface area contributed by atoms with E-state index in [1.165, 1.54) is 18.2 Å². The Kier molecular flexibility index (Phi) is 4.25. The highest BCUT2D eigenvalue weighted by Crippen LogP contribution is 2.36. The zero-order chi connectivity index (χ0) is 16.5. The van der Waals surface area contributed by atoms with Crippen LogP contribution in [0.1, 0.15) is 35.7 Å². The van der Waals surface area contributed by atoms with Gasteiger partial charge in [-0.3, -0.25) is 4.79 Å². The number of carbonyl (C=O) groups excluding carboxylic acids is 1. The molecule has 1 amide bonds. The fourth-order valence-corrected chi connectivity index (χ4v) is 3.16. The van der Waals surface area contributed by atoms with Gasteiger partial charge >= 0.3 is 5.97 Å². The van der Waals surface area contributed by atoms with Gasteiger partial charge in [-0.15, -0.1) is 0 Å². The van der Waals surface area contributed by atoms with Gasteiger partial charge in [-0.05, 0) is 37.5 Å². The Bertz CT molecular complexity index is 723. The summed E-state index contributed by atoms with van der Waals surface area (Å²) in [5.41, 5.74) is -0.472. The molecule has 0 atom stereocenters. The predicted molar refractivity (Wildman–Crippen MR) is 79.1 cm³/mol. The summed E-state index contributed by atoms with van der Waals surface area (Å²) in [7, 11) is -3.67. The maximum absolute atomic E-state index is 12.3. The van der Waals surface area contributed by atoms with Gasteiger partial charge in [-0.1, -0.05) is 13.0 Å². The number of amides is 1. The summed E-state index contributed by atoms with van der Waals surface area (Å²) in [5.74, 6) is -1.65. The molecular formula is C14H18N2O5S. The first-order chi connectivity index (χ1) is 10.2. The molecule has 0 saturated heterocycles. The summed E-state index contributed by atoms with van der Waals surface area (Å²) in [6.45, 7) is 3.56. The van der Waals surface area contributed by atoms with Crippen LogP contribution in [0.5, 0.6) is 0 Å². The summed E-state index contributed by atoms with van der Waals surface area (Å²) >= 11 is 0. The van der Waals surface area contributed by atoms with E-state index in [0.717, 1.165) is 0 Å². The van der Waals surface area contributed by atoms with Gasteiger partial charge in [-0.2, -0.15) is 0 Å². The van der Waals surface area contributed by atoms with Gasteiger partial charge < -0.3 is 10.4 Å². The zero-order valence-corrected chi connectivity index (χ0v) is 13.2. The Morgan fingerprint density at radius 3 is 2.45 bits per heavy atom. The largest absolute Gasteiger partial charge is 0.480 e. The summed E-state index contributed by atoms with van der Waals surface area (Å²) in [6, 6.07) is 4.20. The first kappa shape index (κ1) is 16.4. The van der Waals surface area contributed by atoms with Gasteiger partial charge in [0.15, 0.2) is 0 Å². The molecule has 1 aliphatic carbocycles. The number of carbonyl (C=O) groups is 2. The van der Waals surface area contributed by atoms with Gasteiger partial charge in [0, 0.05) is 12.1 Å². The second-order valence-corrected chi connectivity index (χ2v) is 7.09. The molecule has 8 heteroatoms. The number of rotatable bonds is 6. The predicted octanol–water partition coefficient (Wildman–Crippen LogP) is 0.640. The molecule has 7 nitrogen and oxygen atoms in total. The van der Waals surface area contributed by atoms with Crippen molar-refractivity contribution in [2.24, 2.45) is 0 Å². The van der Waals surface area contributed by atoms with E-state index < -0.39 is 27.4 Å². The van der Waals surface area contributed by atoms with Crippen LogP contribution in [0.3, 0.4) is 0 Å². The topological polar surface area (TPSA) is 113 Å². The molecule has 1 aliphatic rings. The molecule has 1 fully saturated rings. The number of benzene rings is 1. The van der Waals surface area contributed by atoms with E-state index in [4.69, 9.17) is 5.11 Å². The minimum atomic E-state index is -3.67.